The van der Waals surface area contributed by atoms with Crippen LogP contribution in [0.4, 0.5) is 5.69 Å². The Labute approximate surface area is 166 Å². The highest BCUT2D eigenvalue weighted by Gasteiger charge is 2.21. The maximum absolute atomic E-state index is 12.3. The van der Waals surface area contributed by atoms with E-state index < -0.39 is 10.0 Å². The van der Waals surface area contributed by atoms with Crippen LogP contribution in [0.25, 0.3) is 0 Å². The van der Waals surface area contributed by atoms with Gasteiger partial charge in [-0.3, -0.25) is 9.52 Å². The predicted molar refractivity (Wildman–Crippen MR) is 107 cm³/mol. The number of nitrogens with zero attached hydrogens (tertiary/aromatic N) is 2. The van der Waals surface area contributed by atoms with E-state index in [4.69, 9.17) is 4.52 Å². The van der Waals surface area contributed by atoms with Gasteiger partial charge in [0.2, 0.25) is 21.8 Å². The normalized spacial score (nSPS) is 13.2. The van der Waals surface area contributed by atoms with Gasteiger partial charge in [0, 0.05) is 18.3 Å². The summed E-state index contributed by atoms with van der Waals surface area (Å²) in [5, 5.41) is 6.87. The lowest BCUT2D eigenvalue weighted by molar-refractivity contribution is -0.121. The lowest BCUT2D eigenvalue weighted by atomic mass is 9.96. The Bertz CT molecular complexity index is 916. The van der Waals surface area contributed by atoms with Gasteiger partial charge < -0.3 is 9.84 Å². The van der Waals surface area contributed by atoms with E-state index in [9.17, 15) is 13.2 Å². The molecule has 2 rings (SSSR count). The van der Waals surface area contributed by atoms with Gasteiger partial charge in [-0.15, -0.1) is 0 Å². The highest BCUT2D eigenvalue weighted by atomic mass is 32.2. The minimum atomic E-state index is -3.40. The van der Waals surface area contributed by atoms with Gasteiger partial charge in [-0.05, 0) is 25.0 Å². The standard InChI is InChI=1S/C19H28N4O4S/c1-13(14-9-6-7-10-15(14)23-28(5,25)26)20-16(24)11-8-12-17-21-18(22-27-17)19(2,3)4/h6-7,9-10,13,23H,8,11-12H2,1-5H3,(H,20,24). The molecule has 1 amide bonds. The van der Waals surface area contributed by atoms with Crippen molar-refractivity contribution in [1.82, 2.24) is 15.5 Å². The molecular formula is C19H28N4O4S. The van der Waals surface area contributed by atoms with Crippen LogP contribution < -0.4 is 10.0 Å². The van der Waals surface area contributed by atoms with Crippen LogP contribution in [-0.4, -0.2) is 30.7 Å². The largest absolute Gasteiger partial charge is 0.350 e. The van der Waals surface area contributed by atoms with E-state index in [-0.39, 0.29) is 17.4 Å². The first kappa shape index (κ1) is 21.9. The van der Waals surface area contributed by atoms with Gasteiger partial charge in [0.15, 0.2) is 5.82 Å². The van der Waals surface area contributed by atoms with E-state index in [0.717, 1.165) is 6.26 Å². The summed E-state index contributed by atoms with van der Waals surface area (Å²) in [6.07, 6.45) is 2.50. The minimum absolute atomic E-state index is 0.128. The van der Waals surface area contributed by atoms with E-state index in [1.165, 1.54) is 0 Å². The number of rotatable bonds is 8. The average Bonchev–Trinajstić information content (AvgIpc) is 3.03. The third-order valence-electron chi connectivity index (χ3n) is 4.03. The summed E-state index contributed by atoms with van der Waals surface area (Å²) in [5.74, 6) is 1.04. The number of benzene rings is 1. The summed E-state index contributed by atoms with van der Waals surface area (Å²) < 4.78 is 30.7. The molecule has 0 spiro atoms. The number of carbonyl (C=O) groups is 1. The molecule has 1 atom stereocenters. The third-order valence-corrected chi connectivity index (χ3v) is 4.62. The molecule has 0 bridgehead atoms. The summed E-state index contributed by atoms with van der Waals surface area (Å²) >= 11 is 0. The molecule has 0 saturated carbocycles. The van der Waals surface area contributed by atoms with Crippen molar-refractivity contribution in [3.63, 3.8) is 0 Å². The number of aryl methyl sites for hydroxylation is 1. The van der Waals surface area contributed by atoms with Gasteiger partial charge >= 0.3 is 0 Å². The smallest absolute Gasteiger partial charge is 0.229 e. The molecule has 9 heteroatoms. The molecule has 0 fully saturated rings. The lowest BCUT2D eigenvalue weighted by Gasteiger charge is -2.18. The first-order valence-corrected chi connectivity index (χ1v) is 11.0. The fourth-order valence-electron chi connectivity index (χ4n) is 2.62. The number of hydrogen-bond acceptors (Lipinski definition) is 6. The molecule has 154 valence electrons. The fourth-order valence-corrected chi connectivity index (χ4v) is 3.21. The molecule has 0 aliphatic heterocycles. The van der Waals surface area contributed by atoms with Crippen LogP contribution in [0.2, 0.25) is 0 Å². The van der Waals surface area contributed by atoms with Crippen molar-refractivity contribution in [2.24, 2.45) is 0 Å². The Morgan fingerprint density at radius 3 is 2.54 bits per heavy atom. The summed E-state index contributed by atoms with van der Waals surface area (Å²) in [5.41, 5.74) is 0.980. The van der Waals surface area contributed by atoms with Crippen LogP contribution in [-0.2, 0) is 26.7 Å². The van der Waals surface area contributed by atoms with Crippen molar-refractivity contribution in [2.45, 2.75) is 58.4 Å². The Kier molecular flexibility index (Phi) is 6.82. The van der Waals surface area contributed by atoms with Gasteiger partial charge in [-0.25, -0.2) is 8.42 Å². The zero-order valence-corrected chi connectivity index (χ0v) is 17.8. The Morgan fingerprint density at radius 2 is 1.93 bits per heavy atom. The number of anilines is 1. The van der Waals surface area contributed by atoms with E-state index in [1.807, 2.05) is 27.7 Å². The number of sulfonamides is 1. The summed E-state index contributed by atoms with van der Waals surface area (Å²) in [7, 11) is -3.40. The SMILES string of the molecule is CC(NC(=O)CCCc1nc(C(C)(C)C)no1)c1ccccc1NS(C)(=O)=O. The highest BCUT2D eigenvalue weighted by molar-refractivity contribution is 7.92. The minimum Gasteiger partial charge on any atom is -0.350 e. The first-order chi connectivity index (χ1) is 13.0. The molecule has 0 aliphatic carbocycles. The maximum atomic E-state index is 12.3. The number of para-hydroxylation sites is 1. The van der Waals surface area contributed by atoms with Gasteiger partial charge in [0.25, 0.3) is 0 Å². The van der Waals surface area contributed by atoms with Crippen LogP contribution in [0.1, 0.15) is 63.9 Å². The second-order valence-corrected chi connectivity index (χ2v) is 9.61. The van der Waals surface area contributed by atoms with Crippen LogP contribution in [0.5, 0.6) is 0 Å². The van der Waals surface area contributed by atoms with E-state index in [0.29, 0.717) is 42.2 Å². The average molecular weight is 409 g/mol. The zero-order valence-electron chi connectivity index (χ0n) is 16.9. The van der Waals surface area contributed by atoms with Crippen molar-refractivity contribution in [3.05, 3.63) is 41.5 Å². The van der Waals surface area contributed by atoms with Crippen molar-refractivity contribution < 1.29 is 17.7 Å². The maximum Gasteiger partial charge on any atom is 0.229 e. The van der Waals surface area contributed by atoms with Gasteiger partial charge in [-0.1, -0.05) is 44.1 Å². The number of amides is 1. The molecule has 1 aromatic heterocycles. The Morgan fingerprint density at radius 1 is 1.25 bits per heavy atom. The van der Waals surface area contributed by atoms with Crippen LogP contribution in [0, 0.1) is 0 Å². The molecule has 0 saturated heterocycles. The molecule has 2 N–H and O–H groups in total. The zero-order chi connectivity index (χ0) is 20.9. The van der Waals surface area contributed by atoms with Gasteiger partial charge in [0.05, 0.1) is 18.0 Å². The van der Waals surface area contributed by atoms with E-state index in [1.54, 1.807) is 24.3 Å². The summed E-state index contributed by atoms with van der Waals surface area (Å²) in [4.78, 5) is 16.6. The Balaban J connectivity index is 1.89. The molecule has 8 nitrogen and oxygen atoms in total. The topological polar surface area (TPSA) is 114 Å². The van der Waals surface area contributed by atoms with E-state index >= 15 is 0 Å². The van der Waals surface area contributed by atoms with Crippen molar-refractivity contribution in [1.29, 1.82) is 0 Å². The summed E-state index contributed by atoms with van der Waals surface area (Å²) in [6, 6.07) is 6.65. The number of aromatic nitrogens is 2. The van der Waals surface area contributed by atoms with Crippen molar-refractivity contribution >= 4 is 21.6 Å². The van der Waals surface area contributed by atoms with Crippen LogP contribution in [0.3, 0.4) is 0 Å². The van der Waals surface area contributed by atoms with Crippen molar-refractivity contribution in [2.75, 3.05) is 11.0 Å². The van der Waals surface area contributed by atoms with Crippen molar-refractivity contribution in [3.8, 4) is 0 Å². The molecular weight excluding hydrogens is 380 g/mol. The number of nitrogens with one attached hydrogen (secondary N) is 2. The molecule has 0 aliphatic rings. The summed E-state index contributed by atoms with van der Waals surface area (Å²) in [6.45, 7) is 7.83. The second kappa shape index (κ2) is 8.72. The van der Waals surface area contributed by atoms with Crippen LogP contribution >= 0.6 is 0 Å². The highest BCUT2D eigenvalue weighted by Crippen LogP contribution is 2.23. The first-order valence-electron chi connectivity index (χ1n) is 9.15. The fraction of sp³-hybridized carbons (Fsp3) is 0.526. The van der Waals surface area contributed by atoms with E-state index in [2.05, 4.69) is 20.2 Å². The molecule has 2 aromatic rings. The molecule has 1 heterocycles. The third kappa shape index (κ3) is 6.63. The van der Waals surface area contributed by atoms with Gasteiger partial charge in [0.1, 0.15) is 0 Å². The predicted octanol–water partition coefficient (Wildman–Crippen LogP) is 2.94. The quantitative estimate of drug-likeness (QED) is 0.694. The molecule has 0 radical (unpaired) electrons. The molecule has 1 aromatic carbocycles. The molecule has 1 unspecified atom stereocenters. The lowest BCUT2D eigenvalue weighted by Crippen LogP contribution is -2.27. The van der Waals surface area contributed by atoms with Gasteiger partial charge in [-0.2, -0.15) is 4.98 Å². The van der Waals surface area contributed by atoms with Crippen LogP contribution in [0.15, 0.2) is 28.8 Å². The number of hydrogen-bond donors (Lipinski definition) is 2. The Hall–Kier alpha value is -2.42. The monoisotopic (exact) mass is 408 g/mol. The second-order valence-electron chi connectivity index (χ2n) is 7.87. The number of carbonyl (C=O) groups excluding carboxylic acids is 1. The molecule has 28 heavy (non-hydrogen) atoms.